The lowest BCUT2D eigenvalue weighted by atomic mass is 9.95. The van der Waals surface area contributed by atoms with Gasteiger partial charge in [-0.05, 0) is 37.0 Å². The first-order valence-electron chi connectivity index (χ1n) is 8.58. The molecule has 2 atom stereocenters. The van der Waals surface area contributed by atoms with E-state index in [-0.39, 0.29) is 11.3 Å². The van der Waals surface area contributed by atoms with Gasteiger partial charge in [-0.3, -0.25) is 9.35 Å². The van der Waals surface area contributed by atoms with Gasteiger partial charge in [0, 0.05) is 30.2 Å². The molecule has 138 valence electrons. The van der Waals surface area contributed by atoms with Crippen LogP contribution in [0.2, 0.25) is 0 Å². The molecule has 2 fully saturated rings. The molecule has 0 aromatic heterocycles. The molecule has 1 aliphatic heterocycles. The molecule has 1 aromatic carbocycles. The van der Waals surface area contributed by atoms with Crippen LogP contribution in [0.3, 0.4) is 0 Å². The van der Waals surface area contributed by atoms with Gasteiger partial charge >= 0.3 is 0 Å². The van der Waals surface area contributed by atoms with Crippen molar-refractivity contribution in [3.63, 3.8) is 0 Å². The molecular formula is C17H25N3O3S2. The Hall–Kier alpha value is -0.930. The minimum atomic E-state index is -2.26. The Bertz CT molecular complexity index is 662. The summed E-state index contributed by atoms with van der Waals surface area (Å²) in [6.07, 6.45) is 2.86. The van der Waals surface area contributed by atoms with Crippen molar-refractivity contribution in [1.82, 2.24) is 9.03 Å². The molecular weight excluding hydrogens is 358 g/mol. The number of benzene rings is 1. The fourth-order valence-electron chi connectivity index (χ4n) is 3.35. The highest BCUT2D eigenvalue weighted by molar-refractivity contribution is 7.93. The monoisotopic (exact) mass is 383 g/mol. The first-order chi connectivity index (χ1) is 11.8. The van der Waals surface area contributed by atoms with Gasteiger partial charge in [0.25, 0.3) is 0 Å². The molecule has 1 aliphatic carbocycles. The van der Waals surface area contributed by atoms with Crippen molar-refractivity contribution in [2.24, 2.45) is 0 Å². The Balaban J connectivity index is 1.69. The van der Waals surface area contributed by atoms with Crippen LogP contribution < -0.4 is 10.2 Å². The maximum Gasteiger partial charge on any atom is 0.246 e. The second-order valence-electron chi connectivity index (χ2n) is 7.19. The lowest BCUT2D eigenvalue weighted by Gasteiger charge is -2.22. The van der Waals surface area contributed by atoms with Gasteiger partial charge in [-0.25, -0.2) is 4.21 Å². The maximum atomic E-state index is 12.5. The Morgan fingerprint density at radius 2 is 2.04 bits per heavy atom. The maximum absolute atomic E-state index is 12.5. The summed E-state index contributed by atoms with van der Waals surface area (Å²) >= 11 is 1.70. The Morgan fingerprint density at radius 3 is 2.56 bits per heavy atom. The molecule has 1 amide bonds. The fraction of sp³-hybridized carbons (Fsp3) is 0.588. The van der Waals surface area contributed by atoms with E-state index in [1.54, 1.807) is 4.90 Å². The molecule has 1 saturated carbocycles. The van der Waals surface area contributed by atoms with Gasteiger partial charge in [-0.2, -0.15) is 0 Å². The van der Waals surface area contributed by atoms with Gasteiger partial charge in [0.15, 0.2) is 0 Å². The number of hydrogen-bond acceptors (Lipinski definition) is 4. The van der Waals surface area contributed by atoms with Crippen LogP contribution in [0.25, 0.3) is 0 Å². The van der Waals surface area contributed by atoms with Crippen LogP contribution in [-0.4, -0.2) is 43.6 Å². The summed E-state index contributed by atoms with van der Waals surface area (Å²) in [5, 5.41) is 3.52. The molecule has 0 spiro atoms. The quantitative estimate of drug-likeness (QED) is 0.498. The molecule has 8 heteroatoms. The van der Waals surface area contributed by atoms with Crippen LogP contribution in [0.15, 0.2) is 24.3 Å². The van der Waals surface area contributed by atoms with Gasteiger partial charge in [-0.15, -0.1) is 3.71 Å². The van der Waals surface area contributed by atoms with Crippen LogP contribution in [-0.2, 0) is 21.5 Å². The standard InChI is InChI=1S/C17H25N3O3S2/c1-12(2)18-11-17(8-9-17)13-3-5-14(6-4-13)19-10-7-15(16(19)21)20(24)25(22)23/h3-6,12,15,18,24H,7-11H2,1-2H3,(H,22,23). The second-order valence-corrected chi connectivity index (χ2v) is 8.75. The van der Waals surface area contributed by atoms with Crippen LogP contribution >= 0.6 is 12.8 Å². The van der Waals surface area contributed by atoms with Crippen LogP contribution in [0.1, 0.15) is 38.7 Å². The summed E-state index contributed by atoms with van der Waals surface area (Å²) in [6.45, 7) is 5.81. The lowest BCUT2D eigenvalue weighted by molar-refractivity contribution is -0.119. The number of carbonyl (C=O) groups is 1. The zero-order valence-corrected chi connectivity index (χ0v) is 16.2. The van der Waals surface area contributed by atoms with E-state index in [1.807, 2.05) is 12.1 Å². The van der Waals surface area contributed by atoms with E-state index < -0.39 is 17.3 Å². The van der Waals surface area contributed by atoms with E-state index >= 15 is 0 Å². The molecule has 2 unspecified atom stereocenters. The molecule has 1 saturated heterocycles. The molecule has 2 aliphatic rings. The third-order valence-electron chi connectivity index (χ3n) is 5.10. The molecule has 6 nitrogen and oxygen atoms in total. The predicted molar refractivity (Wildman–Crippen MR) is 103 cm³/mol. The van der Waals surface area contributed by atoms with Gasteiger partial charge in [-0.1, -0.05) is 38.8 Å². The topological polar surface area (TPSA) is 72.9 Å². The number of thiol groups is 1. The van der Waals surface area contributed by atoms with Gasteiger partial charge in [0.2, 0.25) is 17.2 Å². The number of nitrogens with zero attached hydrogens (tertiary/aromatic N) is 2. The highest BCUT2D eigenvalue weighted by atomic mass is 32.2. The Morgan fingerprint density at radius 1 is 1.40 bits per heavy atom. The summed E-state index contributed by atoms with van der Waals surface area (Å²) in [7, 11) is 0. The number of hydrogen-bond donors (Lipinski definition) is 3. The molecule has 2 N–H and O–H groups in total. The van der Waals surface area contributed by atoms with Crippen molar-refractivity contribution >= 4 is 35.7 Å². The van der Waals surface area contributed by atoms with Gasteiger partial charge < -0.3 is 10.2 Å². The SMILES string of the molecule is CC(C)NCC1(c2ccc(N3CCC(N(S)S(=O)O)C3=O)cc2)CC1. The number of amides is 1. The van der Waals surface area contributed by atoms with E-state index in [4.69, 9.17) is 4.55 Å². The van der Waals surface area contributed by atoms with Crippen LogP contribution in [0.5, 0.6) is 0 Å². The molecule has 3 rings (SSSR count). The molecule has 1 heterocycles. The summed E-state index contributed by atoms with van der Waals surface area (Å²) in [6, 6.07) is 7.96. The minimum Gasteiger partial charge on any atom is -0.314 e. The van der Waals surface area contributed by atoms with E-state index in [2.05, 4.69) is 44.1 Å². The second kappa shape index (κ2) is 7.36. The Kier molecular flexibility index (Phi) is 5.55. The highest BCUT2D eigenvalue weighted by Crippen LogP contribution is 2.48. The molecule has 1 aromatic rings. The first-order valence-corrected chi connectivity index (χ1v) is 10.0. The lowest BCUT2D eigenvalue weighted by Crippen LogP contribution is -2.37. The van der Waals surface area contributed by atoms with E-state index in [1.165, 1.54) is 18.4 Å². The van der Waals surface area contributed by atoms with Crippen LogP contribution in [0, 0.1) is 0 Å². The van der Waals surface area contributed by atoms with Gasteiger partial charge in [0.1, 0.15) is 6.04 Å². The number of nitrogens with one attached hydrogen (secondary N) is 1. The average molecular weight is 384 g/mol. The fourth-order valence-corrected chi connectivity index (χ4v) is 3.98. The van der Waals surface area contributed by atoms with Crippen molar-refractivity contribution in [3.05, 3.63) is 29.8 Å². The van der Waals surface area contributed by atoms with E-state index in [9.17, 15) is 9.00 Å². The first kappa shape index (κ1) is 18.8. The van der Waals surface area contributed by atoms with E-state index in [0.717, 1.165) is 15.9 Å². The zero-order chi connectivity index (χ0) is 18.2. The smallest absolute Gasteiger partial charge is 0.246 e. The molecule has 0 bridgehead atoms. The van der Waals surface area contributed by atoms with Crippen molar-refractivity contribution in [2.75, 3.05) is 18.0 Å². The molecule has 25 heavy (non-hydrogen) atoms. The van der Waals surface area contributed by atoms with Crippen LogP contribution in [0.4, 0.5) is 5.69 Å². The number of rotatable bonds is 7. The summed E-state index contributed by atoms with van der Waals surface area (Å²) < 4.78 is 21.2. The summed E-state index contributed by atoms with van der Waals surface area (Å²) in [5.74, 6) is -0.187. The van der Waals surface area contributed by atoms with Crippen molar-refractivity contribution < 1.29 is 13.6 Å². The van der Waals surface area contributed by atoms with Gasteiger partial charge in [0.05, 0.1) is 0 Å². The van der Waals surface area contributed by atoms with E-state index in [0.29, 0.717) is 19.0 Å². The number of carbonyl (C=O) groups excluding carboxylic acids is 1. The summed E-state index contributed by atoms with van der Waals surface area (Å²) in [5.41, 5.74) is 2.37. The van der Waals surface area contributed by atoms with Crippen molar-refractivity contribution in [1.29, 1.82) is 0 Å². The number of anilines is 1. The zero-order valence-electron chi connectivity index (χ0n) is 14.5. The Labute approximate surface area is 156 Å². The third-order valence-corrected chi connectivity index (χ3v) is 6.37. The predicted octanol–water partition coefficient (Wildman–Crippen LogP) is 2.10. The normalized spacial score (nSPS) is 23.5. The highest BCUT2D eigenvalue weighted by Gasteiger charge is 2.44. The average Bonchev–Trinajstić information content (AvgIpc) is 3.29. The van der Waals surface area contributed by atoms with Crippen molar-refractivity contribution in [3.8, 4) is 0 Å². The van der Waals surface area contributed by atoms with Crippen molar-refractivity contribution in [2.45, 2.75) is 50.6 Å². The largest absolute Gasteiger partial charge is 0.314 e. The summed E-state index contributed by atoms with van der Waals surface area (Å²) in [4.78, 5) is 14.2. The molecule has 0 radical (unpaired) electrons. The third kappa shape index (κ3) is 3.93. The minimum absolute atomic E-state index is 0.187.